The number of aromatic nitrogens is 3. The average molecular weight is 298 g/mol. The molecule has 0 fully saturated rings. The molecule has 0 saturated carbocycles. The molecule has 20 heavy (non-hydrogen) atoms. The monoisotopic (exact) mass is 298 g/mol. The van der Waals surface area contributed by atoms with Crippen molar-refractivity contribution in [3.05, 3.63) is 90.3 Å². The Kier molecular flexibility index (Phi) is 3.60. The first-order valence-corrected chi connectivity index (χ1v) is 6.90. The minimum absolute atomic E-state index is 0.580. The molecule has 0 aliphatic heterocycles. The average Bonchev–Trinajstić information content (AvgIpc) is 2.56. The maximum absolute atomic E-state index is 4.49. The molecule has 0 N–H and O–H groups in total. The van der Waals surface area contributed by atoms with E-state index in [0.717, 1.165) is 17.1 Å². The summed E-state index contributed by atoms with van der Waals surface area (Å²) in [7, 11) is 0. The van der Waals surface area contributed by atoms with Gasteiger partial charge >= 0.3 is 126 Å². The van der Waals surface area contributed by atoms with Gasteiger partial charge in [0.2, 0.25) is 0 Å². The second-order valence-corrected chi connectivity index (χ2v) is 5.28. The fourth-order valence-corrected chi connectivity index (χ4v) is 2.67. The van der Waals surface area contributed by atoms with Gasteiger partial charge in [0.05, 0.1) is 0 Å². The van der Waals surface area contributed by atoms with Gasteiger partial charge in [-0.3, -0.25) is 0 Å². The Morgan fingerprint density at radius 3 is 1.20 bits per heavy atom. The third kappa shape index (κ3) is 2.24. The van der Waals surface area contributed by atoms with Gasteiger partial charge in [-0.15, -0.1) is 0 Å². The molecule has 0 saturated heterocycles. The zero-order chi connectivity index (χ0) is 13.8. The maximum atomic E-state index is 4.49. The predicted molar refractivity (Wildman–Crippen MR) is 72.6 cm³/mol. The van der Waals surface area contributed by atoms with Crippen LogP contribution in [0, 0.1) is 0 Å². The molecule has 3 nitrogen and oxygen atoms in total. The topological polar surface area (TPSA) is 38.7 Å². The number of nitrogens with zero attached hydrogens (tertiary/aromatic N) is 3. The van der Waals surface area contributed by atoms with E-state index in [2.05, 4.69) is 31.2 Å². The number of pyridine rings is 3. The van der Waals surface area contributed by atoms with Crippen LogP contribution in [-0.4, -0.2) is 15.0 Å². The summed E-state index contributed by atoms with van der Waals surface area (Å²) in [6.45, 7) is 0. The molecule has 3 aromatic rings. The summed E-state index contributed by atoms with van der Waals surface area (Å²) in [6.07, 6.45) is 5.36. The Labute approximate surface area is 126 Å². The van der Waals surface area contributed by atoms with Crippen molar-refractivity contribution >= 4 is 0 Å². The van der Waals surface area contributed by atoms with E-state index < -0.39 is 4.28 Å². The summed E-state index contributed by atoms with van der Waals surface area (Å²) in [5.41, 5.74) is 2.66. The normalized spacial score (nSPS) is 11.2. The molecule has 0 radical (unpaired) electrons. The van der Waals surface area contributed by atoms with Crippen LogP contribution >= 0.6 is 0 Å². The van der Waals surface area contributed by atoms with Gasteiger partial charge in [-0.25, -0.2) is 0 Å². The van der Waals surface area contributed by atoms with Crippen LogP contribution < -0.4 is 0 Å². The Morgan fingerprint density at radius 1 is 0.600 bits per heavy atom. The quantitative estimate of drug-likeness (QED) is 0.746. The van der Waals surface area contributed by atoms with E-state index in [1.54, 1.807) is 18.6 Å². The first-order valence-electron chi connectivity index (χ1n) is 6.27. The van der Waals surface area contributed by atoms with E-state index in [4.69, 9.17) is 0 Å². The molecule has 0 aliphatic carbocycles. The second-order valence-electron chi connectivity index (χ2n) is 4.33. The third-order valence-corrected chi connectivity index (χ3v) is 4.06. The van der Waals surface area contributed by atoms with Crippen molar-refractivity contribution in [3.8, 4) is 0 Å². The van der Waals surface area contributed by atoms with E-state index in [1.165, 1.54) is 0 Å². The van der Waals surface area contributed by atoms with Crippen molar-refractivity contribution in [2.75, 3.05) is 0 Å². The van der Waals surface area contributed by atoms with Gasteiger partial charge in [-0.2, -0.15) is 0 Å². The summed E-state index contributed by atoms with van der Waals surface area (Å²) in [5, 5.41) is 0. The molecule has 3 heterocycles. The van der Waals surface area contributed by atoms with Gasteiger partial charge in [0.1, 0.15) is 0 Å². The van der Waals surface area contributed by atoms with Crippen molar-refractivity contribution in [2.45, 2.75) is 4.28 Å². The van der Waals surface area contributed by atoms with Crippen molar-refractivity contribution in [3.63, 3.8) is 0 Å². The fraction of sp³-hybridized carbons (Fsp3) is 0.0625. The van der Waals surface area contributed by atoms with Crippen LogP contribution in [0.1, 0.15) is 17.1 Å². The Balaban J connectivity index is 2.24. The molecular formula is C16H12CrN3. The van der Waals surface area contributed by atoms with Gasteiger partial charge in [0, 0.05) is 0 Å². The van der Waals surface area contributed by atoms with Crippen molar-refractivity contribution in [1.29, 1.82) is 0 Å². The number of hydrogen-bond donors (Lipinski definition) is 0. The summed E-state index contributed by atoms with van der Waals surface area (Å²) < 4.78 is -0.580. The third-order valence-electron chi connectivity index (χ3n) is 3.08. The van der Waals surface area contributed by atoms with Crippen LogP contribution in [0.2, 0.25) is 0 Å². The molecular weight excluding hydrogens is 286 g/mol. The van der Waals surface area contributed by atoms with Crippen LogP contribution in [0.25, 0.3) is 0 Å². The second kappa shape index (κ2) is 5.54. The molecule has 97 valence electrons. The molecule has 0 spiro atoms. The van der Waals surface area contributed by atoms with Crippen LogP contribution in [0.3, 0.4) is 0 Å². The van der Waals surface area contributed by atoms with E-state index in [1.807, 2.05) is 54.6 Å². The Hall–Kier alpha value is -2.02. The molecule has 0 amide bonds. The summed E-state index contributed by atoms with van der Waals surface area (Å²) in [4.78, 5) is 13.5. The van der Waals surface area contributed by atoms with Crippen molar-refractivity contribution < 1.29 is 16.3 Å². The molecule has 4 heteroatoms. The molecule has 0 unspecified atom stereocenters. The Morgan fingerprint density at radius 2 is 0.950 bits per heavy atom. The van der Waals surface area contributed by atoms with E-state index >= 15 is 0 Å². The molecule has 0 aliphatic rings. The zero-order valence-corrected chi connectivity index (χ0v) is 12.0. The van der Waals surface area contributed by atoms with Crippen LogP contribution in [0.5, 0.6) is 0 Å². The first-order chi connectivity index (χ1) is 9.82. The van der Waals surface area contributed by atoms with E-state index in [-0.39, 0.29) is 0 Å². The van der Waals surface area contributed by atoms with E-state index in [0.29, 0.717) is 0 Å². The zero-order valence-electron chi connectivity index (χ0n) is 10.7. The first kappa shape index (κ1) is 13.0. The Bertz CT molecular complexity index is 575. The summed E-state index contributed by atoms with van der Waals surface area (Å²) in [6, 6.07) is 17.6. The standard InChI is InChI=1S/C16H12N3.Cr/c1-4-10-17-13(7-1)16(14-8-2-5-11-18-14)15-9-3-6-12-19-15;/h1-12H;. The van der Waals surface area contributed by atoms with Gasteiger partial charge in [0.25, 0.3) is 0 Å². The van der Waals surface area contributed by atoms with Crippen molar-refractivity contribution in [2.24, 2.45) is 0 Å². The molecule has 3 rings (SSSR count). The summed E-state index contributed by atoms with van der Waals surface area (Å²) >= 11 is 3.25. The number of rotatable bonds is 3. The van der Waals surface area contributed by atoms with Gasteiger partial charge < -0.3 is 0 Å². The van der Waals surface area contributed by atoms with Gasteiger partial charge in [-0.05, 0) is 0 Å². The van der Waals surface area contributed by atoms with Crippen LogP contribution in [0.4, 0.5) is 0 Å². The van der Waals surface area contributed by atoms with Gasteiger partial charge in [-0.1, -0.05) is 0 Å². The van der Waals surface area contributed by atoms with Gasteiger partial charge in [0.15, 0.2) is 0 Å². The molecule has 0 atom stereocenters. The van der Waals surface area contributed by atoms with Crippen molar-refractivity contribution in [1.82, 2.24) is 15.0 Å². The molecule has 0 bridgehead atoms. The SMILES string of the molecule is [Cr][C](c1ccccn1)(c1ccccn1)c1ccccn1. The minimum atomic E-state index is -0.580. The summed E-state index contributed by atoms with van der Waals surface area (Å²) in [5.74, 6) is 0. The molecule has 3 aromatic heterocycles. The number of hydrogen-bond acceptors (Lipinski definition) is 3. The van der Waals surface area contributed by atoms with E-state index in [9.17, 15) is 0 Å². The van der Waals surface area contributed by atoms with Crippen LogP contribution in [0.15, 0.2) is 73.2 Å². The fourth-order valence-electron chi connectivity index (χ4n) is 2.11. The van der Waals surface area contributed by atoms with Crippen LogP contribution in [-0.2, 0) is 20.6 Å². The molecule has 0 aromatic carbocycles. The predicted octanol–water partition coefficient (Wildman–Crippen LogP) is 2.71.